The van der Waals surface area contributed by atoms with Gasteiger partial charge in [-0.05, 0) is 37.5 Å². The van der Waals surface area contributed by atoms with E-state index in [2.05, 4.69) is 15.4 Å². The molecular weight excluding hydrogens is 346 g/mol. The second kappa shape index (κ2) is 8.31. The van der Waals surface area contributed by atoms with E-state index in [4.69, 9.17) is 5.73 Å². The van der Waals surface area contributed by atoms with Gasteiger partial charge in [-0.3, -0.25) is 14.9 Å². The fourth-order valence-electron chi connectivity index (χ4n) is 3.11. The zero-order valence-electron chi connectivity index (χ0n) is 14.8. The molecule has 1 saturated heterocycles. The number of para-hydroxylation sites is 1. The van der Waals surface area contributed by atoms with E-state index in [1.165, 1.54) is 24.8 Å². The number of hydrogen-bond donors (Lipinski definition) is 2. The third-order valence-corrected chi connectivity index (χ3v) is 4.49. The minimum absolute atomic E-state index is 0.0177. The van der Waals surface area contributed by atoms with Crippen molar-refractivity contribution >= 4 is 29.2 Å². The molecule has 27 heavy (non-hydrogen) atoms. The summed E-state index contributed by atoms with van der Waals surface area (Å²) in [7, 11) is 0. The van der Waals surface area contributed by atoms with E-state index in [1.807, 2.05) is 0 Å². The Morgan fingerprint density at radius 1 is 1.19 bits per heavy atom. The molecule has 1 aliphatic heterocycles. The van der Waals surface area contributed by atoms with Crippen LogP contribution in [-0.4, -0.2) is 30.1 Å². The van der Waals surface area contributed by atoms with Crippen molar-refractivity contribution < 1.29 is 9.72 Å². The molecule has 140 valence electrons. The third kappa shape index (κ3) is 4.41. The molecule has 2 aromatic carbocycles. The molecule has 0 unspecified atom stereocenters. The van der Waals surface area contributed by atoms with Gasteiger partial charge >= 0.3 is 0 Å². The number of piperidine rings is 1. The van der Waals surface area contributed by atoms with Gasteiger partial charge in [0.05, 0.1) is 16.7 Å². The number of carbonyl (C=O) groups excluding carboxylic acids is 1. The van der Waals surface area contributed by atoms with E-state index in [-0.39, 0.29) is 5.69 Å². The first kappa shape index (κ1) is 18.4. The number of carbonyl (C=O) groups is 1. The average molecular weight is 367 g/mol. The maximum absolute atomic E-state index is 12.2. The van der Waals surface area contributed by atoms with Crippen molar-refractivity contribution in [3.63, 3.8) is 0 Å². The lowest BCUT2D eigenvalue weighted by Crippen LogP contribution is -2.30. The Balaban J connectivity index is 1.82. The van der Waals surface area contributed by atoms with Crippen LogP contribution in [0, 0.1) is 10.1 Å². The van der Waals surface area contributed by atoms with Crippen LogP contribution in [0.25, 0.3) is 0 Å². The maximum atomic E-state index is 12.2. The summed E-state index contributed by atoms with van der Waals surface area (Å²) in [6.07, 6.45) is 4.78. The fraction of sp³-hybridized carbons (Fsp3) is 0.263. The number of nitrogen functional groups attached to an aromatic ring is 1. The van der Waals surface area contributed by atoms with Gasteiger partial charge in [-0.15, -0.1) is 0 Å². The van der Waals surface area contributed by atoms with Crippen molar-refractivity contribution in [1.82, 2.24) is 5.43 Å². The van der Waals surface area contributed by atoms with Crippen LogP contribution in [0.2, 0.25) is 0 Å². The maximum Gasteiger partial charge on any atom is 0.273 e. The van der Waals surface area contributed by atoms with E-state index < -0.39 is 10.8 Å². The van der Waals surface area contributed by atoms with Crippen LogP contribution in [0.5, 0.6) is 0 Å². The van der Waals surface area contributed by atoms with Crippen LogP contribution in [0.3, 0.4) is 0 Å². The highest BCUT2D eigenvalue weighted by atomic mass is 16.6. The van der Waals surface area contributed by atoms with E-state index in [0.717, 1.165) is 31.6 Å². The first-order valence-electron chi connectivity index (χ1n) is 8.77. The highest BCUT2D eigenvalue weighted by molar-refractivity contribution is 5.99. The summed E-state index contributed by atoms with van der Waals surface area (Å²) in [6, 6.07) is 11.4. The number of non-ortho nitro benzene ring substituents is 1. The van der Waals surface area contributed by atoms with Gasteiger partial charge in [0.15, 0.2) is 0 Å². The first-order valence-corrected chi connectivity index (χ1v) is 8.77. The molecule has 1 amide bonds. The van der Waals surface area contributed by atoms with Crippen LogP contribution in [0.4, 0.5) is 17.1 Å². The second-order valence-corrected chi connectivity index (χ2v) is 6.33. The van der Waals surface area contributed by atoms with Crippen LogP contribution in [-0.2, 0) is 0 Å². The third-order valence-electron chi connectivity index (χ3n) is 4.49. The normalized spacial score (nSPS) is 14.3. The Morgan fingerprint density at radius 3 is 2.63 bits per heavy atom. The molecule has 0 aromatic heterocycles. The summed E-state index contributed by atoms with van der Waals surface area (Å²) in [5.41, 5.74) is 10.3. The zero-order valence-corrected chi connectivity index (χ0v) is 14.8. The molecule has 2 aromatic rings. The number of nitro groups is 1. The minimum atomic E-state index is -0.444. The number of amides is 1. The van der Waals surface area contributed by atoms with Crippen LogP contribution in [0.1, 0.15) is 35.2 Å². The second-order valence-electron chi connectivity index (χ2n) is 6.33. The Labute approximate surface area is 156 Å². The fourth-order valence-corrected chi connectivity index (χ4v) is 3.11. The molecule has 0 bridgehead atoms. The Morgan fingerprint density at radius 2 is 1.93 bits per heavy atom. The van der Waals surface area contributed by atoms with Crippen molar-refractivity contribution in [2.45, 2.75) is 19.3 Å². The van der Waals surface area contributed by atoms with Crippen molar-refractivity contribution in [3.8, 4) is 0 Å². The summed E-state index contributed by atoms with van der Waals surface area (Å²) < 4.78 is 0. The Hall–Kier alpha value is -3.42. The first-order chi connectivity index (χ1) is 13.1. The van der Waals surface area contributed by atoms with Gasteiger partial charge in [-0.1, -0.05) is 12.1 Å². The number of nitro benzene ring substituents is 1. The number of nitrogens with zero attached hydrogens (tertiary/aromatic N) is 3. The van der Waals surface area contributed by atoms with Crippen molar-refractivity contribution in [1.29, 1.82) is 0 Å². The average Bonchev–Trinajstić information content (AvgIpc) is 2.68. The molecule has 3 N–H and O–H groups in total. The molecule has 1 heterocycles. The quantitative estimate of drug-likeness (QED) is 0.365. The molecule has 1 aliphatic rings. The summed E-state index contributed by atoms with van der Waals surface area (Å²) in [5.74, 6) is -0.436. The number of rotatable bonds is 5. The van der Waals surface area contributed by atoms with Crippen molar-refractivity contribution in [2.24, 2.45) is 5.10 Å². The monoisotopic (exact) mass is 367 g/mol. The summed E-state index contributed by atoms with van der Waals surface area (Å²) in [5, 5.41) is 15.1. The Kier molecular flexibility index (Phi) is 5.65. The predicted octanol–water partition coefficient (Wildman–Crippen LogP) is 2.93. The number of benzene rings is 2. The lowest BCUT2D eigenvalue weighted by Gasteiger charge is -2.29. The van der Waals surface area contributed by atoms with Crippen LogP contribution < -0.4 is 16.1 Å². The van der Waals surface area contributed by atoms with Gasteiger partial charge in [-0.2, -0.15) is 5.10 Å². The largest absolute Gasteiger partial charge is 0.398 e. The van der Waals surface area contributed by atoms with Gasteiger partial charge in [0.1, 0.15) is 0 Å². The minimum Gasteiger partial charge on any atom is -0.398 e. The number of nitrogens with two attached hydrogens (primary N) is 1. The van der Waals surface area contributed by atoms with Crippen molar-refractivity contribution in [2.75, 3.05) is 23.7 Å². The molecule has 8 nitrogen and oxygen atoms in total. The highest BCUT2D eigenvalue weighted by Gasteiger charge is 2.17. The smallest absolute Gasteiger partial charge is 0.273 e. The van der Waals surface area contributed by atoms with Gasteiger partial charge in [0.25, 0.3) is 11.6 Å². The lowest BCUT2D eigenvalue weighted by atomic mass is 10.1. The number of hydrogen-bond acceptors (Lipinski definition) is 6. The van der Waals surface area contributed by atoms with Gasteiger partial charge < -0.3 is 10.6 Å². The summed E-state index contributed by atoms with van der Waals surface area (Å²) >= 11 is 0. The molecule has 0 saturated carbocycles. The highest BCUT2D eigenvalue weighted by Crippen LogP contribution is 2.27. The molecular formula is C19H21N5O3. The van der Waals surface area contributed by atoms with E-state index in [1.54, 1.807) is 30.3 Å². The Bertz CT molecular complexity index is 875. The lowest BCUT2D eigenvalue weighted by molar-refractivity contribution is -0.384. The summed E-state index contributed by atoms with van der Waals surface area (Å²) in [6.45, 7) is 1.79. The molecule has 1 fully saturated rings. The van der Waals surface area contributed by atoms with E-state index >= 15 is 0 Å². The predicted molar refractivity (Wildman–Crippen MR) is 105 cm³/mol. The molecule has 3 rings (SSSR count). The van der Waals surface area contributed by atoms with Gasteiger partial charge in [0.2, 0.25) is 0 Å². The zero-order chi connectivity index (χ0) is 19.2. The molecule has 0 spiro atoms. The molecule has 8 heteroatoms. The SMILES string of the molecule is Nc1ccccc1C(=O)NN=Cc1cc([N+](=O)[O-])ccc1N1CCCCC1. The van der Waals surface area contributed by atoms with Gasteiger partial charge in [0, 0.05) is 42.2 Å². The van der Waals surface area contributed by atoms with Crippen LogP contribution >= 0.6 is 0 Å². The van der Waals surface area contributed by atoms with E-state index in [9.17, 15) is 14.9 Å². The topological polar surface area (TPSA) is 114 Å². The molecule has 0 aliphatic carbocycles. The number of anilines is 2. The van der Waals surface area contributed by atoms with E-state index in [0.29, 0.717) is 16.8 Å². The van der Waals surface area contributed by atoms with Crippen molar-refractivity contribution in [3.05, 3.63) is 63.7 Å². The molecule has 0 radical (unpaired) electrons. The molecule has 0 atom stereocenters. The standard InChI is InChI=1S/C19H21N5O3/c20-17-7-3-2-6-16(17)19(25)22-21-13-14-12-15(24(26)27)8-9-18(14)23-10-4-1-5-11-23/h2-3,6-9,12-13H,1,4-5,10-11,20H2,(H,22,25). The number of nitrogens with one attached hydrogen (secondary N) is 1. The van der Waals surface area contributed by atoms with Crippen LogP contribution in [0.15, 0.2) is 47.6 Å². The number of hydrazone groups is 1. The van der Waals surface area contributed by atoms with Gasteiger partial charge in [-0.25, -0.2) is 5.43 Å². The summed E-state index contributed by atoms with van der Waals surface area (Å²) in [4.78, 5) is 25.0.